The standard InChI is InChI=1S/C17H18N4O2/c1-11-10-14(11)16(22)19-13-4-2-12(3-5-13)17(23)20-8-9-21-15(20)6-7-18-21/h2-7,11,14H,8-10H2,1H3,(H,19,22). The van der Waals surface area contributed by atoms with E-state index in [2.05, 4.69) is 17.3 Å². The Kier molecular flexibility index (Phi) is 3.18. The molecule has 1 fully saturated rings. The van der Waals surface area contributed by atoms with Crippen LogP contribution in [0.1, 0.15) is 23.7 Å². The zero-order chi connectivity index (χ0) is 16.0. The number of nitrogens with one attached hydrogen (secondary N) is 1. The van der Waals surface area contributed by atoms with Crippen molar-refractivity contribution < 1.29 is 9.59 Å². The Morgan fingerprint density at radius 2 is 1.91 bits per heavy atom. The fraction of sp³-hybridized carbons (Fsp3) is 0.353. The summed E-state index contributed by atoms with van der Waals surface area (Å²) in [5, 5.41) is 7.08. The van der Waals surface area contributed by atoms with E-state index in [0.29, 0.717) is 18.0 Å². The molecule has 118 valence electrons. The lowest BCUT2D eigenvalue weighted by Crippen LogP contribution is -2.28. The van der Waals surface area contributed by atoms with Crippen molar-refractivity contribution in [2.45, 2.75) is 19.9 Å². The van der Waals surface area contributed by atoms with Crippen LogP contribution in [-0.4, -0.2) is 28.1 Å². The lowest BCUT2D eigenvalue weighted by molar-refractivity contribution is -0.117. The third-order valence-corrected chi connectivity index (χ3v) is 4.60. The van der Waals surface area contributed by atoms with Crippen molar-refractivity contribution in [1.29, 1.82) is 0 Å². The van der Waals surface area contributed by atoms with E-state index in [1.165, 1.54) is 0 Å². The zero-order valence-corrected chi connectivity index (χ0v) is 12.9. The minimum Gasteiger partial charge on any atom is -0.326 e. The Bertz CT molecular complexity index is 765. The van der Waals surface area contributed by atoms with Crippen LogP contribution in [0.25, 0.3) is 0 Å². The van der Waals surface area contributed by atoms with E-state index < -0.39 is 0 Å². The first-order chi connectivity index (χ1) is 11.1. The molecule has 2 aliphatic rings. The van der Waals surface area contributed by atoms with Gasteiger partial charge < -0.3 is 5.32 Å². The molecule has 1 aliphatic heterocycles. The summed E-state index contributed by atoms with van der Waals surface area (Å²) in [4.78, 5) is 26.3. The van der Waals surface area contributed by atoms with Crippen molar-refractivity contribution in [1.82, 2.24) is 9.78 Å². The number of rotatable bonds is 3. The van der Waals surface area contributed by atoms with E-state index in [1.807, 2.05) is 10.7 Å². The molecule has 1 aromatic heterocycles. The first-order valence-corrected chi connectivity index (χ1v) is 7.88. The predicted octanol–water partition coefficient (Wildman–Crippen LogP) is 2.14. The third kappa shape index (κ3) is 2.50. The molecule has 0 spiro atoms. The zero-order valence-electron chi connectivity index (χ0n) is 12.9. The molecule has 2 unspecified atom stereocenters. The van der Waals surface area contributed by atoms with Crippen LogP contribution < -0.4 is 10.2 Å². The minimum atomic E-state index is -0.0436. The summed E-state index contributed by atoms with van der Waals surface area (Å²) in [6.07, 6.45) is 2.66. The van der Waals surface area contributed by atoms with Gasteiger partial charge in [0.25, 0.3) is 5.91 Å². The average molecular weight is 310 g/mol. The second-order valence-electron chi connectivity index (χ2n) is 6.26. The molecule has 4 rings (SSSR count). The quantitative estimate of drug-likeness (QED) is 0.944. The molecule has 6 heteroatoms. The van der Waals surface area contributed by atoms with Crippen LogP contribution in [0.4, 0.5) is 11.5 Å². The maximum Gasteiger partial charge on any atom is 0.259 e. The van der Waals surface area contributed by atoms with Crippen molar-refractivity contribution >= 4 is 23.3 Å². The largest absolute Gasteiger partial charge is 0.326 e. The van der Waals surface area contributed by atoms with Crippen molar-refractivity contribution in [3.8, 4) is 0 Å². The van der Waals surface area contributed by atoms with Gasteiger partial charge in [-0.25, -0.2) is 4.68 Å². The van der Waals surface area contributed by atoms with Gasteiger partial charge in [0.1, 0.15) is 5.82 Å². The Morgan fingerprint density at radius 3 is 2.61 bits per heavy atom. The van der Waals surface area contributed by atoms with E-state index in [1.54, 1.807) is 35.4 Å². The molecular formula is C17H18N4O2. The number of nitrogens with zero attached hydrogens (tertiary/aromatic N) is 3. The molecule has 2 heterocycles. The van der Waals surface area contributed by atoms with Crippen LogP contribution in [0.15, 0.2) is 36.5 Å². The van der Waals surface area contributed by atoms with Gasteiger partial charge in [0.2, 0.25) is 5.91 Å². The average Bonchev–Trinajstić information content (AvgIpc) is 2.96. The van der Waals surface area contributed by atoms with Gasteiger partial charge in [0, 0.05) is 29.8 Å². The predicted molar refractivity (Wildman–Crippen MR) is 86.2 cm³/mol. The number of fused-ring (bicyclic) bond motifs is 1. The number of carbonyl (C=O) groups excluding carboxylic acids is 2. The Balaban J connectivity index is 1.46. The summed E-state index contributed by atoms with van der Waals surface area (Å²) in [6, 6.07) is 8.92. The van der Waals surface area contributed by atoms with Crippen molar-refractivity contribution in [2.24, 2.45) is 11.8 Å². The molecule has 0 bridgehead atoms. The first-order valence-electron chi connectivity index (χ1n) is 7.88. The molecule has 1 aromatic carbocycles. The van der Waals surface area contributed by atoms with E-state index in [0.717, 1.165) is 24.5 Å². The molecular weight excluding hydrogens is 292 g/mol. The van der Waals surface area contributed by atoms with Crippen molar-refractivity contribution in [3.63, 3.8) is 0 Å². The summed E-state index contributed by atoms with van der Waals surface area (Å²) in [6.45, 7) is 3.44. The number of hydrogen-bond donors (Lipinski definition) is 1. The number of aromatic nitrogens is 2. The highest BCUT2D eigenvalue weighted by molar-refractivity contribution is 6.06. The van der Waals surface area contributed by atoms with Gasteiger partial charge in [0.05, 0.1) is 12.7 Å². The molecule has 1 aliphatic carbocycles. The van der Waals surface area contributed by atoms with Gasteiger partial charge >= 0.3 is 0 Å². The Labute approximate surface area is 134 Å². The van der Waals surface area contributed by atoms with Gasteiger partial charge in [-0.2, -0.15) is 5.10 Å². The summed E-state index contributed by atoms with van der Waals surface area (Å²) < 4.78 is 1.82. The second-order valence-corrected chi connectivity index (χ2v) is 6.26. The topological polar surface area (TPSA) is 67.2 Å². The fourth-order valence-corrected chi connectivity index (χ4v) is 3.02. The smallest absolute Gasteiger partial charge is 0.259 e. The van der Waals surface area contributed by atoms with Gasteiger partial charge in [-0.05, 0) is 36.6 Å². The number of hydrogen-bond acceptors (Lipinski definition) is 3. The lowest BCUT2D eigenvalue weighted by Gasteiger charge is -2.15. The minimum absolute atomic E-state index is 0.0436. The Morgan fingerprint density at radius 1 is 1.17 bits per heavy atom. The maximum absolute atomic E-state index is 12.6. The van der Waals surface area contributed by atoms with E-state index >= 15 is 0 Å². The molecule has 1 saturated carbocycles. The van der Waals surface area contributed by atoms with E-state index in [4.69, 9.17) is 0 Å². The highest BCUT2D eigenvalue weighted by Gasteiger charge is 2.39. The SMILES string of the molecule is CC1CC1C(=O)Nc1ccc(C(=O)N2CCn3nccc32)cc1. The first kappa shape index (κ1) is 14.0. The second kappa shape index (κ2) is 5.22. The van der Waals surface area contributed by atoms with Gasteiger partial charge in [-0.1, -0.05) is 6.92 Å². The van der Waals surface area contributed by atoms with Gasteiger partial charge in [-0.15, -0.1) is 0 Å². The summed E-state index contributed by atoms with van der Waals surface area (Å²) in [5.41, 5.74) is 1.34. The number of benzene rings is 1. The Hall–Kier alpha value is -2.63. The molecule has 2 amide bonds. The number of anilines is 2. The highest BCUT2D eigenvalue weighted by atomic mass is 16.2. The molecule has 0 saturated heterocycles. The van der Waals surface area contributed by atoms with Crippen LogP contribution in [-0.2, 0) is 11.3 Å². The highest BCUT2D eigenvalue weighted by Crippen LogP contribution is 2.38. The van der Waals surface area contributed by atoms with Gasteiger partial charge in [0.15, 0.2) is 0 Å². The molecule has 2 atom stereocenters. The number of carbonyl (C=O) groups is 2. The molecule has 6 nitrogen and oxygen atoms in total. The molecule has 2 aromatic rings. The van der Waals surface area contributed by atoms with E-state index in [9.17, 15) is 9.59 Å². The fourth-order valence-electron chi connectivity index (χ4n) is 3.02. The molecule has 23 heavy (non-hydrogen) atoms. The van der Waals surface area contributed by atoms with Crippen LogP contribution in [0.3, 0.4) is 0 Å². The maximum atomic E-state index is 12.6. The van der Waals surface area contributed by atoms with Crippen LogP contribution in [0.5, 0.6) is 0 Å². The summed E-state index contributed by atoms with van der Waals surface area (Å²) >= 11 is 0. The van der Waals surface area contributed by atoms with Crippen LogP contribution >= 0.6 is 0 Å². The lowest BCUT2D eigenvalue weighted by atomic mass is 10.1. The summed E-state index contributed by atoms with van der Waals surface area (Å²) in [7, 11) is 0. The third-order valence-electron chi connectivity index (χ3n) is 4.60. The van der Waals surface area contributed by atoms with Crippen LogP contribution in [0, 0.1) is 11.8 Å². The summed E-state index contributed by atoms with van der Waals surface area (Å²) in [5.74, 6) is 1.48. The van der Waals surface area contributed by atoms with Crippen molar-refractivity contribution in [3.05, 3.63) is 42.1 Å². The molecule has 1 N–H and O–H groups in total. The number of amides is 2. The normalized spacial score (nSPS) is 21.9. The van der Waals surface area contributed by atoms with E-state index in [-0.39, 0.29) is 17.7 Å². The van der Waals surface area contributed by atoms with Gasteiger partial charge in [-0.3, -0.25) is 14.5 Å². The van der Waals surface area contributed by atoms with Crippen molar-refractivity contribution in [2.75, 3.05) is 16.8 Å². The van der Waals surface area contributed by atoms with Crippen LogP contribution in [0.2, 0.25) is 0 Å². The molecule has 0 radical (unpaired) electrons. The monoisotopic (exact) mass is 310 g/mol.